The van der Waals surface area contributed by atoms with E-state index >= 15 is 0 Å². The molecule has 4 rings (SSSR count). The van der Waals surface area contributed by atoms with Crippen molar-refractivity contribution < 1.29 is 9.59 Å². The normalized spacial score (nSPS) is 11.0. The number of aryl methyl sites for hydroxylation is 3. The van der Waals surface area contributed by atoms with Gasteiger partial charge in [0.2, 0.25) is 0 Å². The van der Waals surface area contributed by atoms with Gasteiger partial charge in [0.25, 0.3) is 5.56 Å². The minimum atomic E-state index is -0.248. The van der Waals surface area contributed by atoms with E-state index in [4.69, 9.17) is 0 Å². The lowest BCUT2D eigenvalue weighted by Gasteiger charge is -2.12. The molecule has 5 heteroatoms. The summed E-state index contributed by atoms with van der Waals surface area (Å²) in [6.07, 6.45) is 1.81. The summed E-state index contributed by atoms with van der Waals surface area (Å²) in [5, 5.41) is 0.849. The van der Waals surface area contributed by atoms with Crippen LogP contribution in [0.3, 0.4) is 0 Å². The molecule has 0 spiro atoms. The smallest absolute Gasteiger partial charge is 0.258 e. The number of carbonyl (C=O) groups is 2. The maximum atomic E-state index is 13.1. The van der Waals surface area contributed by atoms with Gasteiger partial charge in [0.05, 0.1) is 11.9 Å². The Labute approximate surface area is 186 Å². The zero-order valence-corrected chi connectivity index (χ0v) is 18.4. The van der Waals surface area contributed by atoms with Crippen LogP contribution in [0.15, 0.2) is 71.7 Å². The lowest BCUT2D eigenvalue weighted by molar-refractivity contribution is -0.117. The molecule has 0 saturated heterocycles. The van der Waals surface area contributed by atoms with Gasteiger partial charge in [-0.1, -0.05) is 42.5 Å². The first-order valence-electron chi connectivity index (χ1n) is 10.5. The molecule has 0 aliphatic carbocycles. The molecule has 0 bridgehead atoms. The van der Waals surface area contributed by atoms with E-state index in [-0.39, 0.29) is 30.0 Å². The summed E-state index contributed by atoms with van der Waals surface area (Å²) in [5.41, 5.74) is 4.90. The number of ketones is 2. The fourth-order valence-corrected chi connectivity index (χ4v) is 3.91. The second-order valence-corrected chi connectivity index (χ2v) is 8.14. The van der Waals surface area contributed by atoms with Crippen molar-refractivity contribution in [3.05, 3.63) is 99.6 Å². The lowest BCUT2D eigenvalue weighted by atomic mass is 9.94. The number of carbonyl (C=O) groups excluding carboxylic acids is 2. The Bertz CT molecular complexity index is 1400. The molecule has 2 aromatic carbocycles. The number of aromatic nitrogens is 2. The van der Waals surface area contributed by atoms with Crippen LogP contribution in [-0.4, -0.2) is 21.1 Å². The second kappa shape index (κ2) is 8.71. The number of benzene rings is 2. The summed E-state index contributed by atoms with van der Waals surface area (Å²) < 4.78 is 1.61. The van der Waals surface area contributed by atoms with Crippen LogP contribution < -0.4 is 5.56 Å². The van der Waals surface area contributed by atoms with Crippen molar-refractivity contribution in [1.29, 1.82) is 0 Å². The van der Waals surface area contributed by atoms with Gasteiger partial charge < -0.3 is 4.57 Å². The van der Waals surface area contributed by atoms with Gasteiger partial charge in [-0.15, -0.1) is 0 Å². The molecule has 32 heavy (non-hydrogen) atoms. The molecule has 0 unspecified atom stereocenters. The van der Waals surface area contributed by atoms with Crippen molar-refractivity contribution in [3.8, 4) is 11.1 Å². The van der Waals surface area contributed by atoms with Crippen LogP contribution in [-0.2, 0) is 18.3 Å². The Morgan fingerprint density at radius 3 is 2.44 bits per heavy atom. The number of nitrogens with zero attached hydrogens (tertiary/aromatic N) is 2. The summed E-state index contributed by atoms with van der Waals surface area (Å²) in [5.74, 6) is -0.381. The SMILES string of the molecule is Cc1cc2c(cn1)cc(-c1cc(C(=O)CC(=O)Cc3ccccc3)ccc1C)c(=O)n2C. The predicted octanol–water partition coefficient (Wildman–Crippen LogP) is 4.60. The highest BCUT2D eigenvalue weighted by molar-refractivity contribution is 6.09. The molecule has 2 heterocycles. The first-order valence-corrected chi connectivity index (χ1v) is 10.5. The summed E-state index contributed by atoms with van der Waals surface area (Å²) in [6, 6.07) is 18.3. The molecule has 0 aliphatic heterocycles. The van der Waals surface area contributed by atoms with Crippen LogP contribution in [0.5, 0.6) is 0 Å². The van der Waals surface area contributed by atoms with E-state index in [0.717, 1.165) is 27.7 Å². The maximum Gasteiger partial charge on any atom is 0.258 e. The Hall–Kier alpha value is -3.86. The largest absolute Gasteiger partial charge is 0.311 e. The number of rotatable bonds is 6. The highest BCUT2D eigenvalue weighted by Gasteiger charge is 2.17. The lowest BCUT2D eigenvalue weighted by Crippen LogP contribution is -2.19. The molecule has 4 aromatic rings. The van der Waals surface area contributed by atoms with Crippen molar-refractivity contribution in [1.82, 2.24) is 9.55 Å². The van der Waals surface area contributed by atoms with E-state index in [9.17, 15) is 14.4 Å². The topological polar surface area (TPSA) is 69.0 Å². The van der Waals surface area contributed by atoms with E-state index in [1.807, 2.05) is 62.4 Å². The van der Waals surface area contributed by atoms with Crippen molar-refractivity contribution in [2.45, 2.75) is 26.7 Å². The second-order valence-electron chi connectivity index (χ2n) is 8.14. The van der Waals surface area contributed by atoms with Crippen LogP contribution in [0.25, 0.3) is 22.0 Å². The average Bonchev–Trinajstić information content (AvgIpc) is 2.77. The van der Waals surface area contributed by atoms with Crippen molar-refractivity contribution in [2.24, 2.45) is 7.05 Å². The molecule has 5 nitrogen and oxygen atoms in total. The molecule has 0 aliphatic rings. The predicted molar refractivity (Wildman–Crippen MR) is 126 cm³/mol. The van der Waals surface area contributed by atoms with Crippen LogP contribution in [0.1, 0.15) is 33.6 Å². The Morgan fingerprint density at radius 2 is 1.69 bits per heavy atom. The van der Waals surface area contributed by atoms with Gasteiger partial charge in [-0.05, 0) is 48.7 Å². The van der Waals surface area contributed by atoms with Gasteiger partial charge in [0, 0.05) is 41.9 Å². The number of hydrogen-bond donors (Lipinski definition) is 0. The molecule has 2 aromatic heterocycles. The molecular formula is C27H24N2O3. The molecular weight excluding hydrogens is 400 g/mol. The minimum Gasteiger partial charge on any atom is -0.311 e. The fraction of sp³-hybridized carbons (Fsp3) is 0.185. The molecule has 0 amide bonds. The molecule has 0 atom stereocenters. The van der Waals surface area contributed by atoms with E-state index in [2.05, 4.69) is 4.98 Å². The van der Waals surface area contributed by atoms with Crippen LogP contribution in [0.4, 0.5) is 0 Å². The quantitative estimate of drug-likeness (QED) is 0.335. The minimum absolute atomic E-state index is 0.133. The third-order valence-corrected chi connectivity index (χ3v) is 5.70. The molecule has 0 fully saturated rings. The third kappa shape index (κ3) is 4.28. The molecule has 160 valence electrons. The average molecular weight is 425 g/mol. The van der Waals surface area contributed by atoms with Gasteiger partial charge in [0.15, 0.2) is 5.78 Å². The van der Waals surface area contributed by atoms with Crippen LogP contribution >= 0.6 is 0 Å². The molecule has 0 radical (unpaired) electrons. The van der Waals surface area contributed by atoms with E-state index in [1.165, 1.54) is 0 Å². The van der Waals surface area contributed by atoms with Crippen molar-refractivity contribution >= 4 is 22.5 Å². The highest BCUT2D eigenvalue weighted by atomic mass is 16.1. The van der Waals surface area contributed by atoms with Gasteiger partial charge in [-0.25, -0.2) is 0 Å². The van der Waals surface area contributed by atoms with Gasteiger partial charge in [0.1, 0.15) is 5.78 Å². The van der Waals surface area contributed by atoms with E-state index in [1.54, 1.807) is 29.9 Å². The first kappa shape index (κ1) is 21.4. The fourth-order valence-electron chi connectivity index (χ4n) is 3.91. The number of fused-ring (bicyclic) bond motifs is 1. The zero-order valence-electron chi connectivity index (χ0n) is 18.4. The number of hydrogen-bond acceptors (Lipinski definition) is 4. The van der Waals surface area contributed by atoms with E-state index < -0.39 is 0 Å². The van der Waals surface area contributed by atoms with Crippen molar-refractivity contribution in [3.63, 3.8) is 0 Å². The first-order chi connectivity index (χ1) is 15.3. The third-order valence-electron chi connectivity index (χ3n) is 5.70. The van der Waals surface area contributed by atoms with Gasteiger partial charge in [-0.2, -0.15) is 0 Å². The maximum absolute atomic E-state index is 13.1. The van der Waals surface area contributed by atoms with Crippen LogP contribution in [0, 0.1) is 13.8 Å². The summed E-state index contributed by atoms with van der Waals surface area (Å²) in [6.45, 7) is 3.79. The number of pyridine rings is 2. The van der Waals surface area contributed by atoms with E-state index in [0.29, 0.717) is 16.7 Å². The summed E-state index contributed by atoms with van der Waals surface area (Å²) in [4.78, 5) is 42.7. The van der Waals surface area contributed by atoms with Crippen LogP contribution in [0.2, 0.25) is 0 Å². The zero-order chi connectivity index (χ0) is 22.8. The van der Waals surface area contributed by atoms with Gasteiger partial charge in [-0.3, -0.25) is 19.4 Å². The Morgan fingerprint density at radius 1 is 0.938 bits per heavy atom. The highest BCUT2D eigenvalue weighted by Crippen LogP contribution is 2.25. The number of Topliss-reactive ketones (excluding diaryl/α,β-unsaturated/α-hetero) is 2. The monoisotopic (exact) mass is 424 g/mol. The Balaban J connectivity index is 1.67. The Kier molecular flexibility index (Phi) is 5.82. The molecule has 0 saturated carbocycles. The van der Waals surface area contributed by atoms with Gasteiger partial charge >= 0.3 is 0 Å². The van der Waals surface area contributed by atoms with Crippen molar-refractivity contribution in [2.75, 3.05) is 0 Å². The molecule has 0 N–H and O–H groups in total. The summed E-state index contributed by atoms with van der Waals surface area (Å²) in [7, 11) is 1.74. The standard InChI is InChI=1S/C27H24N2O3/c1-17-9-10-20(26(31)15-22(30)12-19-7-5-4-6-8-19)13-23(17)24-14-21-16-28-18(2)11-25(21)29(3)27(24)32/h4-11,13-14,16H,12,15H2,1-3H3. The summed E-state index contributed by atoms with van der Waals surface area (Å²) >= 11 is 0.